The molecule has 136 valence electrons. The molecule has 0 heterocycles. The fourth-order valence-electron chi connectivity index (χ4n) is 2.60. The van der Waals surface area contributed by atoms with Gasteiger partial charge in [-0.25, -0.2) is 4.79 Å². The molecular weight excluding hydrogens is 332 g/mol. The molecule has 0 aliphatic rings. The van der Waals surface area contributed by atoms with Gasteiger partial charge in [-0.1, -0.05) is 18.2 Å². The molecule has 0 radical (unpaired) electrons. The second kappa shape index (κ2) is 8.29. The third kappa shape index (κ3) is 4.92. The summed E-state index contributed by atoms with van der Waals surface area (Å²) in [5.41, 5.74) is 2.41. The van der Waals surface area contributed by atoms with Gasteiger partial charge in [0.1, 0.15) is 0 Å². The summed E-state index contributed by atoms with van der Waals surface area (Å²) in [5.74, 6) is -1.55. The Morgan fingerprint density at radius 2 is 1.73 bits per heavy atom. The number of amides is 2. The summed E-state index contributed by atoms with van der Waals surface area (Å²) in [6, 6.07) is 11.5. The number of nitrogens with one attached hydrogen (secondary N) is 2. The minimum Gasteiger partial charge on any atom is -0.478 e. The van der Waals surface area contributed by atoms with Crippen LogP contribution in [0.3, 0.4) is 0 Å². The van der Waals surface area contributed by atoms with Crippen molar-refractivity contribution in [2.75, 3.05) is 5.32 Å². The number of benzene rings is 2. The Morgan fingerprint density at radius 3 is 2.35 bits per heavy atom. The number of carboxylic acid groups (broad SMARTS) is 1. The van der Waals surface area contributed by atoms with E-state index in [-0.39, 0.29) is 29.8 Å². The first kappa shape index (κ1) is 19.2. The van der Waals surface area contributed by atoms with Gasteiger partial charge in [0.2, 0.25) is 5.91 Å². The first-order valence-electron chi connectivity index (χ1n) is 8.30. The largest absolute Gasteiger partial charge is 0.478 e. The van der Waals surface area contributed by atoms with Crippen LogP contribution < -0.4 is 10.6 Å². The number of carbonyl (C=O) groups is 3. The van der Waals surface area contributed by atoms with Crippen LogP contribution in [0, 0.1) is 6.92 Å². The minimum atomic E-state index is -1.07. The van der Waals surface area contributed by atoms with E-state index in [0.29, 0.717) is 16.8 Å². The lowest BCUT2D eigenvalue weighted by Gasteiger charge is -2.12. The molecule has 0 bridgehead atoms. The highest BCUT2D eigenvalue weighted by molar-refractivity contribution is 5.98. The number of hydrogen-bond acceptors (Lipinski definition) is 3. The summed E-state index contributed by atoms with van der Waals surface area (Å²) >= 11 is 0. The average molecular weight is 354 g/mol. The highest BCUT2D eigenvalue weighted by atomic mass is 16.4. The van der Waals surface area contributed by atoms with Crippen LogP contribution >= 0.6 is 0 Å². The smallest absolute Gasteiger partial charge is 0.335 e. The van der Waals surface area contributed by atoms with Crippen molar-refractivity contribution in [1.82, 2.24) is 5.32 Å². The van der Waals surface area contributed by atoms with E-state index in [0.717, 1.165) is 5.56 Å². The van der Waals surface area contributed by atoms with Crippen LogP contribution in [0.15, 0.2) is 42.5 Å². The Morgan fingerprint density at radius 1 is 1.04 bits per heavy atom. The van der Waals surface area contributed by atoms with Crippen LogP contribution in [0.5, 0.6) is 0 Å². The van der Waals surface area contributed by atoms with E-state index in [1.165, 1.54) is 6.07 Å². The molecule has 0 aliphatic heterocycles. The molecule has 0 aliphatic carbocycles. The first-order chi connectivity index (χ1) is 12.3. The second-order valence-electron chi connectivity index (χ2n) is 6.35. The summed E-state index contributed by atoms with van der Waals surface area (Å²) < 4.78 is 0. The lowest BCUT2D eigenvalue weighted by Crippen LogP contribution is -2.30. The molecular formula is C20H22N2O4. The fraction of sp³-hybridized carbons (Fsp3) is 0.250. The monoisotopic (exact) mass is 354 g/mol. The molecule has 6 heteroatoms. The van der Waals surface area contributed by atoms with Crippen LogP contribution in [-0.2, 0) is 11.2 Å². The van der Waals surface area contributed by atoms with Gasteiger partial charge in [0.15, 0.2) is 0 Å². The van der Waals surface area contributed by atoms with E-state index in [9.17, 15) is 19.5 Å². The highest BCUT2D eigenvalue weighted by Gasteiger charge is 2.14. The van der Waals surface area contributed by atoms with Gasteiger partial charge >= 0.3 is 5.97 Å². The summed E-state index contributed by atoms with van der Waals surface area (Å²) in [4.78, 5) is 35.6. The maximum atomic E-state index is 12.2. The Balaban J connectivity index is 2.09. The molecule has 2 rings (SSSR count). The standard InChI is InChI=1S/C20H22N2O4/c1-12(2)21-19(24)16-9-8-15(10-13(16)3)22-18(23)11-14-6-4-5-7-17(14)20(25)26/h4-10,12H,11H2,1-3H3,(H,21,24)(H,22,23)(H,25,26). The van der Waals surface area contributed by atoms with Crippen molar-refractivity contribution >= 4 is 23.5 Å². The molecule has 0 unspecified atom stereocenters. The Kier molecular flexibility index (Phi) is 6.11. The van der Waals surface area contributed by atoms with Crippen LogP contribution in [0.1, 0.15) is 45.7 Å². The van der Waals surface area contributed by atoms with Gasteiger partial charge < -0.3 is 15.7 Å². The van der Waals surface area contributed by atoms with Gasteiger partial charge in [-0.3, -0.25) is 9.59 Å². The molecule has 0 saturated heterocycles. The summed E-state index contributed by atoms with van der Waals surface area (Å²) in [6.45, 7) is 5.57. The number of aromatic carboxylic acids is 1. The van der Waals surface area contributed by atoms with E-state index in [1.54, 1.807) is 43.3 Å². The number of carbonyl (C=O) groups excluding carboxylic acids is 2. The van der Waals surface area contributed by atoms with Crippen molar-refractivity contribution < 1.29 is 19.5 Å². The van der Waals surface area contributed by atoms with Crippen molar-refractivity contribution in [2.24, 2.45) is 0 Å². The number of aryl methyl sites for hydroxylation is 1. The highest BCUT2D eigenvalue weighted by Crippen LogP contribution is 2.17. The van der Waals surface area contributed by atoms with Crippen LogP contribution in [0.2, 0.25) is 0 Å². The summed E-state index contributed by atoms with van der Waals surface area (Å²) in [6.07, 6.45) is -0.0445. The Labute approximate surface area is 152 Å². The number of rotatable bonds is 6. The maximum absolute atomic E-state index is 12.2. The van der Waals surface area contributed by atoms with Gasteiger partial charge in [0.25, 0.3) is 5.91 Å². The van der Waals surface area contributed by atoms with Gasteiger partial charge in [-0.05, 0) is 56.2 Å². The van der Waals surface area contributed by atoms with Crippen molar-refractivity contribution in [3.8, 4) is 0 Å². The average Bonchev–Trinajstić information content (AvgIpc) is 2.54. The molecule has 2 amide bonds. The molecule has 0 spiro atoms. The molecule has 3 N–H and O–H groups in total. The molecule has 6 nitrogen and oxygen atoms in total. The quantitative estimate of drug-likeness (QED) is 0.743. The molecule has 0 fully saturated rings. The zero-order valence-electron chi connectivity index (χ0n) is 15.0. The molecule has 26 heavy (non-hydrogen) atoms. The number of anilines is 1. The normalized spacial score (nSPS) is 10.5. The van der Waals surface area contributed by atoms with E-state index < -0.39 is 5.97 Å². The van der Waals surface area contributed by atoms with E-state index >= 15 is 0 Å². The SMILES string of the molecule is Cc1cc(NC(=O)Cc2ccccc2C(=O)O)ccc1C(=O)NC(C)C. The lowest BCUT2D eigenvalue weighted by molar-refractivity contribution is -0.115. The lowest BCUT2D eigenvalue weighted by atomic mass is 10.0. The van der Waals surface area contributed by atoms with Crippen molar-refractivity contribution in [2.45, 2.75) is 33.2 Å². The zero-order valence-corrected chi connectivity index (χ0v) is 15.0. The number of carboxylic acids is 1. The molecule has 0 atom stereocenters. The molecule has 2 aromatic carbocycles. The first-order valence-corrected chi connectivity index (χ1v) is 8.30. The van der Waals surface area contributed by atoms with E-state index in [1.807, 2.05) is 13.8 Å². The maximum Gasteiger partial charge on any atom is 0.335 e. The fourth-order valence-corrected chi connectivity index (χ4v) is 2.60. The summed E-state index contributed by atoms with van der Waals surface area (Å²) in [5, 5.41) is 14.7. The van der Waals surface area contributed by atoms with Gasteiger partial charge in [-0.15, -0.1) is 0 Å². The third-order valence-corrected chi connectivity index (χ3v) is 3.77. The van der Waals surface area contributed by atoms with Gasteiger partial charge in [-0.2, -0.15) is 0 Å². The topological polar surface area (TPSA) is 95.5 Å². The molecule has 0 aromatic heterocycles. The Bertz CT molecular complexity index is 843. The Hall–Kier alpha value is -3.15. The van der Waals surface area contributed by atoms with Crippen LogP contribution in [-0.4, -0.2) is 28.9 Å². The van der Waals surface area contributed by atoms with Crippen molar-refractivity contribution in [1.29, 1.82) is 0 Å². The predicted molar refractivity (Wildman–Crippen MR) is 99.5 cm³/mol. The second-order valence-corrected chi connectivity index (χ2v) is 6.35. The van der Waals surface area contributed by atoms with Crippen molar-refractivity contribution in [3.63, 3.8) is 0 Å². The summed E-state index contributed by atoms with van der Waals surface area (Å²) in [7, 11) is 0. The zero-order chi connectivity index (χ0) is 19.3. The van der Waals surface area contributed by atoms with E-state index in [4.69, 9.17) is 0 Å². The third-order valence-electron chi connectivity index (χ3n) is 3.77. The van der Waals surface area contributed by atoms with E-state index in [2.05, 4.69) is 10.6 Å². The number of hydrogen-bond donors (Lipinski definition) is 3. The molecule has 0 saturated carbocycles. The predicted octanol–water partition coefficient (Wildman–Crippen LogP) is 3.01. The van der Waals surface area contributed by atoms with Crippen LogP contribution in [0.4, 0.5) is 5.69 Å². The van der Waals surface area contributed by atoms with Gasteiger partial charge in [0.05, 0.1) is 12.0 Å². The van der Waals surface area contributed by atoms with Gasteiger partial charge in [0, 0.05) is 17.3 Å². The minimum absolute atomic E-state index is 0.0376. The van der Waals surface area contributed by atoms with Crippen molar-refractivity contribution in [3.05, 3.63) is 64.7 Å². The molecule has 2 aromatic rings. The van der Waals surface area contributed by atoms with Crippen LogP contribution in [0.25, 0.3) is 0 Å².